The molecule has 0 unspecified atom stereocenters. The Morgan fingerprint density at radius 1 is 1.57 bits per heavy atom. The fourth-order valence-corrected chi connectivity index (χ4v) is 0.196. The zero-order chi connectivity index (χ0) is 5.91. The summed E-state index contributed by atoms with van der Waals surface area (Å²) in [5, 5.41) is 0. The molecule has 7 heavy (non-hydrogen) atoms. The minimum absolute atomic E-state index is 2.31. The number of hydrogen-bond acceptors (Lipinski definition) is 4. The van der Waals surface area contributed by atoms with E-state index in [-0.39, 0.29) is 0 Å². The molecule has 0 heterocycles. The summed E-state index contributed by atoms with van der Waals surface area (Å²) in [6.07, 6.45) is 0. The summed E-state index contributed by atoms with van der Waals surface area (Å²) in [4.78, 5) is 0. The monoisotopic (exact) mass is 248 g/mol. The third kappa shape index (κ3) is 3.14. The molecule has 7 heteroatoms. The average molecular weight is 246 g/mol. The normalized spacial score (nSPS) is 11.7. The van der Waals surface area contributed by atoms with Crippen molar-refractivity contribution in [3.8, 4) is 0 Å². The van der Waals surface area contributed by atoms with Crippen LogP contribution in [0.2, 0.25) is 0 Å². The second kappa shape index (κ2) is 2.74. The van der Waals surface area contributed by atoms with Crippen LogP contribution in [0, 0.1) is 0 Å². The Bertz CT molecular complexity index is 115. The Morgan fingerprint density at radius 2 is 2.00 bits per heavy atom. The van der Waals surface area contributed by atoms with E-state index in [9.17, 15) is 10.7 Å². The number of hydrogen-bond donors (Lipinski definition) is 0. The standard InChI is InChI=1S/ClFO4Te/c1-5-7(3,4)6-2. The van der Waals surface area contributed by atoms with Gasteiger partial charge in [0.15, 0.2) is 0 Å². The number of rotatable bonds is 2. The molecule has 0 aromatic heterocycles. The van der Waals surface area contributed by atoms with Crippen molar-refractivity contribution in [2.75, 3.05) is 0 Å². The number of halogens is 2. The van der Waals surface area contributed by atoms with Gasteiger partial charge < -0.3 is 0 Å². The first kappa shape index (κ1) is 7.53. The Balaban J connectivity index is 3.89. The minimum atomic E-state index is -5.51. The molecule has 0 aliphatic carbocycles. The van der Waals surface area contributed by atoms with Crippen molar-refractivity contribution < 1.29 is 16.7 Å². The van der Waals surface area contributed by atoms with Gasteiger partial charge in [0.25, 0.3) is 0 Å². The second-order valence-electron chi connectivity index (χ2n) is 0.534. The summed E-state index contributed by atoms with van der Waals surface area (Å²) in [6, 6.07) is 0. The molecule has 0 aromatic carbocycles. The van der Waals surface area contributed by atoms with Crippen LogP contribution in [-0.2, 0) is 12.2 Å². The van der Waals surface area contributed by atoms with Crippen LogP contribution in [0.1, 0.15) is 0 Å². The molecule has 0 aromatic rings. The first-order valence-corrected chi connectivity index (χ1v) is 5.09. The maximum absolute atomic E-state index is 10.5. The van der Waals surface area contributed by atoms with E-state index in [1.54, 1.807) is 0 Å². The van der Waals surface area contributed by atoms with Gasteiger partial charge in [0.2, 0.25) is 0 Å². The molecule has 0 saturated carbocycles. The Hall–Kier alpha value is 0.530. The Morgan fingerprint density at radius 3 is 2.00 bits per heavy atom. The zero-order valence-electron chi connectivity index (χ0n) is 2.80. The van der Waals surface area contributed by atoms with Crippen LogP contribution in [0.5, 0.6) is 0 Å². The van der Waals surface area contributed by atoms with Gasteiger partial charge in [-0.15, -0.1) is 0 Å². The Labute approximate surface area is 47.9 Å². The molecule has 0 aliphatic heterocycles. The third-order valence-electron chi connectivity index (χ3n) is 0.154. The van der Waals surface area contributed by atoms with Gasteiger partial charge in [-0.3, -0.25) is 0 Å². The van der Waals surface area contributed by atoms with Crippen molar-refractivity contribution in [1.29, 1.82) is 0 Å². The molecule has 4 nitrogen and oxygen atoms in total. The van der Waals surface area contributed by atoms with Gasteiger partial charge in [-0.2, -0.15) is 0 Å². The van der Waals surface area contributed by atoms with Crippen LogP contribution in [0.25, 0.3) is 0 Å². The van der Waals surface area contributed by atoms with Crippen LogP contribution in [0.4, 0.5) is 4.53 Å². The summed E-state index contributed by atoms with van der Waals surface area (Å²) in [5.41, 5.74) is 0. The van der Waals surface area contributed by atoms with Crippen molar-refractivity contribution in [2.24, 2.45) is 0 Å². The molecule has 0 atom stereocenters. The molecule has 0 N–H and O–H groups in total. The molecule has 0 bridgehead atoms. The molecular weight excluding hydrogens is 246 g/mol. The van der Waals surface area contributed by atoms with Crippen LogP contribution in [0.15, 0.2) is 0 Å². The molecule has 0 spiro atoms. The van der Waals surface area contributed by atoms with Gasteiger partial charge in [-0.1, -0.05) is 0 Å². The van der Waals surface area contributed by atoms with Crippen LogP contribution < -0.4 is 0 Å². The first-order chi connectivity index (χ1) is 3.12. The van der Waals surface area contributed by atoms with Gasteiger partial charge in [0.1, 0.15) is 0 Å². The quantitative estimate of drug-likeness (QED) is 0.660. The fraction of sp³-hybridized carbons (Fsp3) is 0. The maximum atomic E-state index is 10.5. The molecule has 0 radical (unpaired) electrons. The summed E-state index contributed by atoms with van der Waals surface area (Å²) in [5.74, 6) is 0. The van der Waals surface area contributed by atoms with E-state index in [0.29, 0.717) is 0 Å². The van der Waals surface area contributed by atoms with Crippen molar-refractivity contribution in [3.05, 3.63) is 0 Å². The molecule has 0 aliphatic rings. The van der Waals surface area contributed by atoms with Crippen molar-refractivity contribution in [2.45, 2.75) is 0 Å². The van der Waals surface area contributed by atoms with Gasteiger partial charge in [0, 0.05) is 0 Å². The average Bonchev–Trinajstić information content (AvgIpc) is 1.68. The molecule has 0 saturated heterocycles. The van der Waals surface area contributed by atoms with E-state index in [0.717, 1.165) is 0 Å². The van der Waals surface area contributed by atoms with E-state index in [2.05, 4.69) is 17.8 Å². The van der Waals surface area contributed by atoms with Gasteiger partial charge in [-0.25, -0.2) is 0 Å². The van der Waals surface area contributed by atoms with Crippen molar-refractivity contribution in [1.82, 2.24) is 0 Å². The molecule has 0 amide bonds. The van der Waals surface area contributed by atoms with Gasteiger partial charge >= 0.3 is 47.5 Å². The topological polar surface area (TPSA) is 52.6 Å². The first-order valence-electron chi connectivity index (χ1n) is 0.975. The molecule has 0 fully saturated rings. The van der Waals surface area contributed by atoms with E-state index in [4.69, 9.17) is 0 Å². The van der Waals surface area contributed by atoms with Crippen LogP contribution >= 0.6 is 11.9 Å². The summed E-state index contributed by atoms with van der Waals surface area (Å²) < 4.78 is 34.9. The molecular formula is ClFO4Te. The van der Waals surface area contributed by atoms with E-state index < -0.39 is 19.0 Å². The van der Waals surface area contributed by atoms with Gasteiger partial charge in [-0.05, 0) is 0 Å². The van der Waals surface area contributed by atoms with E-state index >= 15 is 0 Å². The second-order valence-corrected chi connectivity index (χ2v) is 4.43. The fourth-order valence-electron chi connectivity index (χ4n) is 0.00972. The van der Waals surface area contributed by atoms with Gasteiger partial charge in [0.05, 0.1) is 0 Å². The zero-order valence-corrected chi connectivity index (χ0v) is 5.88. The van der Waals surface area contributed by atoms with Crippen molar-refractivity contribution in [3.63, 3.8) is 0 Å². The van der Waals surface area contributed by atoms with E-state index in [1.165, 1.54) is 0 Å². The van der Waals surface area contributed by atoms with E-state index in [1.807, 2.05) is 0 Å². The predicted octanol–water partition coefficient (Wildman–Crippen LogP) is 0.354. The summed E-state index contributed by atoms with van der Waals surface area (Å²) >= 11 is -1.32. The van der Waals surface area contributed by atoms with Crippen LogP contribution in [0.3, 0.4) is 0 Å². The van der Waals surface area contributed by atoms with Crippen LogP contribution in [-0.4, -0.2) is 19.0 Å². The van der Waals surface area contributed by atoms with Crippen molar-refractivity contribution >= 4 is 30.8 Å². The predicted molar refractivity (Wildman–Crippen MR) is 16.3 cm³/mol. The summed E-state index contributed by atoms with van der Waals surface area (Å²) in [6.45, 7) is 0. The molecule has 44 valence electrons. The Kier molecular flexibility index (Phi) is 2.95. The molecule has 0 rings (SSSR count). The third-order valence-corrected chi connectivity index (χ3v) is 2.07. The SMILES string of the molecule is O=[Te](=O)(OF)OCl. The summed E-state index contributed by atoms with van der Waals surface area (Å²) in [7, 11) is 0.